The molecule has 1 aliphatic carbocycles. The summed E-state index contributed by atoms with van der Waals surface area (Å²) < 4.78 is 10.9. The second-order valence-corrected chi connectivity index (χ2v) is 9.38. The molecule has 2 aromatic carbocycles. The lowest BCUT2D eigenvalue weighted by Crippen LogP contribution is -2.39. The first-order valence-electron chi connectivity index (χ1n) is 10.9. The summed E-state index contributed by atoms with van der Waals surface area (Å²) in [6, 6.07) is 17.2. The van der Waals surface area contributed by atoms with Gasteiger partial charge in [0.15, 0.2) is 5.78 Å². The zero-order chi connectivity index (χ0) is 22.9. The Morgan fingerprint density at radius 2 is 1.75 bits per heavy atom. The number of methoxy groups -OCH3 is 1. The van der Waals surface area contributed by atoms with Gasteiger partial charge >= 0.3 is 5.97 Å². The number of hydrogen-bond donors (Lipinski definition) is 0. The summed E-state index contributed by atoms with van der Waals surface area (Å²) >= 11 is 0. The summed E-state index contributed by atoms with van der Waals surface area (Å²) in [6.45, 7) is 6.20. The number of carbonyl (C=O) groups is 2. The first-order chi connectivity index (χ1) is 15.3. The first kappa shape index (κ1) is 22.0. The standard InChI is InChI=1S/C27H29NO4/c1-17-23(26(30)32-16-18-10-12-20(31-4)13-11-18)24(19-8-6-5-7-9-19)25-21(28-17)14-27(2,3)15-22(25)29/h5-13,23-24H,14-16H2,1-4H3/t23?,24-/m1/s1. The van der Waals surface area contributed by atoms with Crippen molar-refractivity contribution in [2.24, 2.45) is 16.3 Å². The van der Waals surface area contributed by atoms with Crippen LogP contribution >= 0.6 is 0 Å². The van der Waals surface area contributed by atoms with E-state index >= 15 is 0 Å². The molecule has 2 aliphatic rings. The van der Waals surface area contributed by atoms with Crippen LogP contribution in [0.15, 0.2) is 70.9 Å². The molecule has 166 valence electrons. The van der Waals surface area contributed by atoms with Gasteiger partial charge in [-0.15, -0.1) is 0 Å². The summed E-state index contributed by atoms with van der Waals surface area (Å²) in [5, 5.41) is 0. The van der Waals surface area contributed by atoms with Crippen molar-refractivity contribution in [1.82, 2.24) is 0 Å². The van der Waals surface area contributed by atoms with Crippen LogP contribution in [0.25, 0.3) is 0 Å². The smallest absolute Gasteiger partial charge is 0.315 e. The molecule has 1 heterocycles. The van der Waals surface area contributed by atoms with Crippen molar-refractivity contribution in [3.8, 4) is 5.75 Å². The van der Waals surface area contributed by atoms with Gasteiger partial charge in [-0.1, -0.05) is 56.3 Å². The van der Waals surface area contributed by atoms with Crippen LogP contribution in [0.1, 0.15) is 50.7 Å². The van der Waals surface area contributed by atoms with Crippen molar-refractivity contribution in [2.45, 2.75) is 46.1 Å². The van der Waals surface area contributed by atoms with Crippen LogP contribution in [0.5, 0.6) is 5.75 Å². The Labute approximate surface area is 189 Å². The van der Waals surface area contributed by atoms with E-state index in [4.69, 9.17) is 14.5 Å². The van der Waals surface area contributed by atoms with E-state index < -0.39 is 5.92 Å². The summed E-state index contributed by atoms with van der Waals surface area (Å²) in [7, 11) is 1.61. The molecule has 0 amide bonds. The number of carbonyl (C=O) groups excluding carboxylic acids is 2. The molecular weight excluding hydrogens is 402 g/mol. The predicted octanol–water partition coefficient (Wildman–Crippen LogP) is 5.26. The number of rotatable bonds is 5. The Balaban J connectivity index is 1.66. The number of Topliss-reactive ketones (excluding diaryl/α,β-unsaturated/α-hetero) is 1. The van der Waals surface area contributed by atoms with Gasteiger partial charge in [0.1, 0.15) is 18.3 Å². The number of nitrogens with zero attached hydrogens (tertiary/aromatic N) is 1. The summed E-state index contributed by atoms with van der Waals surface area (Å²) in [5.74, 6) is -0.540. The minimum absolute atomic E-state index is 0.0781. The van der Waals surface area contributed by atoms with E-state index in [1.165, 1.54) is 0 Å². The predicted molar refractivity (Wildman–Crippen MR) is 124 cm³/mol. The maximum atomic E-state index is 13.3. The molecule has 4 rings (SSSR count). The molecule has 0 N–H and O–H groups in total. The molecule has 0 bridgehead atoms. The van der Waals surface area contributed by atoms with Crippen molar-refractivity contribution in [3.05, 3.63) is 77.0 Å². The fourth-order valence-corrected chi connectivity index (χ4v) is 4.74. The normalized spacial score (nSPS) is 22.1. The van der Waals surface area contributed by atoms with E-state index in [9.17, 15) is 9.59 Å². The van der Waals surface area contributed by atoms with E-state index in [1.54, 1.807) is 7.11 Å². The first-order valence-corrected chi connectivity index (χ1v) is 10.9. The van der Waals surface area contributed by atoms with Crippen molar-refractivity contribution in [2.75, 3.05) is 7.11 Å². The lowest BCUT2D eigenvalue weighted by molar-refractivity contribution is -0.148. The number of allylic oxidation sites excluding steroid dienone is 2. The van der Waals surface area contributed by atoms with Gasteiger partial charge in [0, 0.05) is 29.3 Å². The molecule has 0 saturated heterocycles. The molecule has 1 unspecified atom stereocenters. The molecule has 0 fully saturated rings. The zero-order valence-corrected chi connectivity index (χ0v) is 19.1. The third kappa shape index (κ3) is 4.38. The van der Waals surface area contributed by atoms with Crippen molar-refractivity contribution in [3.63, 3.8) is 0 Å². The largest absolute Gasteiger partial charge is 0.497 e. The van der Waals surface area contributed by atoms with Crippen LogP contribution in [-0.4, -0.2) is 24.6 Å². The number of hydrogen-bond acceptors (Lipinski definition) is 5. The van der Waals surface area contributed by atoms with E-state index in [-0.39, 0.29) is 29.7 Å². The maximum Gasteiger partial charge on any atom is 0.315 e. The van der Waals surface area contributed by atoms with Crippen molar-refractivity contribution < 1.29 is 19.1 Å². The molecule has 0 radical (unpaired) electrons. The van der Waals surface area contributed by atoms with E-state index in [2.05, 4.69) is 13.8 Å². The number of ketones is 1. The maximum absolute atomic E-state index is 13.3. The minimum atomic E-state index is -0.625. The van der Waals surface area contributed by atoms with Crippen LogP contribution in [-0.2, 0) is 20.9 Å². The monoisotopic (exact) mass is 431 g/mol. The SMILES string of the molecule is COc1ccc(COC(=O)C2C(C)=NC3=C(C(=O)CC(C)(C)C3)[C@@H]2c2ccccc2)cc1. The topological polar surface area (TPSA) is 65.0 Å². The van der Waals surface area contributed by atoms with Gasteiger partial charge in [-0.25, -0.2) is 0 Å². The Morgan fingerprint density at radius 1 is 1.06 bits per heavy atom. The van der Waals surface area contributed by atoms with Crippen LogP contribution in [0, 0.1) is 11.3 Å². The Bertz CT molecular complexity index is 1080. The fourth-order valence-electron chi connectivity index (χ4n) is 4.74. The number of aliphatic imine (C=N–C) groups is 1. The highest BCUT2D eigenvalue weighted by Gasteiger charge is 2.45. The molecular formula is C27H29NO4. The van der Waals surface area contributed by atoms with Crippen molar-refractivity contribution in [1.29, 1.82) is 0 Å². The highest BCUT2D eigenvalue weighted by atomic mass is 16.5. The summed E-state index contributed by atoms with van der Waals surface area (Å²) in [6.07, 6.45) is 1.18. The van der Waals surface area contributed by atoms with Crippen LogP contribution in [0.3, 0.4) is 0 Å². The molecule has 5 heteroatoms. The van der Waals surface area contributed by atoms with Gasteiger partial charge in [0.25, 0.3) is 0 Å². The fraction of sp³-hybridized carbons (Fsp3) is 0.370. The Hall–Kier alpha value is -3.21. The zero-order valence-electron chi connectivity index (χ0n) is 19.1. The van der Waals surface area contributed by atoms with Gasteiger partial charge in [-0.2, -0.15) is 0 Å². The van der Waals surface area contributed by atoms with Gasteiger partial charge in [0.05, 0.1) is 7.11 Å². The molecule has 2 aromatic rings. The minimum Gasteiger partial charge on any atom is -0.497 e. The molecule has 2 atom stereocenters. The molecule has 0 aromatic heterocycles. The molecule has 1 aliphatic heterocycles. The number of ether oxygens (including phenoxy) is 2. The van der Waals surface area contributed by atoms with E-state index in [0.717, 1.165) is 29.0 Å². The highest BCUT2D eigenvalue weighted by molar-refractivity contribution is 6.09. The molecule has 32 heavy (non-hydrogen) atoms. The van der Waals surface area contributed by atoms with E-state index in [1.807, 2.05) is 61.5 Å². The molecule has 5 nitrogen and oxygen atoms in total. The van der Waals surface area contributed by atoms with Gasteiger partial charge in [-0.3, -0.25) is 14.6 Å². The van der Waals surface area contributed by atoms with Gasteiger partial charge in [0.2, 0.25) is 0 Å². The van der Waals surface area contributed by atoms with Crippen LogP contribution in [0.4, 0.5) is 0 Å². The molecule has 0 spiro atoms. The Kier molecular flexibility index (Phi) is 6.00. The molecule has 0 saturated carbocycles. The number of benzene rings is 2. The quantitative estimate of drug-likeness (QED) is 0.606. The summed E-state index contributed by atoms with van der Waals surface area (Å²) in [5.41, 5.74) is 3.86. The highest BCUT2D eigenvalue weighted by Crippen LogP contribution is 2.47. The van der Waals surface area contributed by atoms with Gasteiger partial charge < -0.3 is 9.47 Å². The second kappa shape index (κ2) is 8.73. The number of esters is 1. The average Bonchev–Trinajstić information content (AvgIpc) is 2.76. The average molecular weight is 432 g/mol. The lowest BCUT2D eigenvalue weighted by atomic mass is 9.67. The van der Waals surface area contributed by atoms with Crippen LogP contribution < -0.4 is 4.74 Å². The summed E-state index contributed by atoms with van der Waals surface area (Å²) in [4.78, 5) is 31.4. The lowest BCUT2D eigenvalue weighted by Gasteiger charge is -2.39. The van der Waals surface area contributed by atoms with Crippen LogP contribution in [0.2, 0.25) is 0 Å². The van der Waals surface area contributed by atoms with Gasteiger partial charge in [-0.05, 0) is 42.0 Å². The third-order valence-corrected chi connectivity index (χ3v) is 6.25. The van der Waals surface area contributed by atoms with Crippen molar-refractivity contribution >= 4 is 17.5 Å². The Morgan fingerprint density at radius 3 is 2.41 bits per heavy atom. The van der Waals surface area contributed by atoms with E-state index in [0.29, 0.717) is 17.7 Å². The second-order valence-electron chi connectivity index (χ2n) is 9.38. The third-order valence-electron chi connectivity index (χ3n) is 6.25.